The number of oxime groups is 1. The lowest BCUT2D eigenvalue weighted by Gasteiger charge is -2.29. The van der Waals surface area contributed by atoms with Crippen molar-refractivity contribution in [2.24, 2.45) is 21.8 Å². The van der Waals surface area contributed by atoms with Crippen LogP contribution in [0.4, 0.5) is 13.2 Å². The Labute approximate surface area is 167 Å². The van der Waals surface area contributed by atoms with Crippen molar-refractivity contribution in [3.8, 4) is 0 Å². The lowest BCUT2D eigenvalue weighted by atomic mass is 9.98. The number of benzene rings is 1. The van der Waals surface area contributed by atoms with Crippen molar-refractivity contribution in [3.05, 3.63) is 34.9 Å². The van der Waals surface area contributed by atoms with Crippen molar-refractivity contribution in [2.75, 3.05) is 6.54 Å². The van der Waals surface area contributed by atoms with E-state index in [9.17, 15) is 13.2 Å². The van der Waals surface area contributed by atoms with E-state index in [2.05, 4.69) is 10.1 Å². The highest BCUT2D eigenvalue weighted by atomic mass is 19.4. The Hall–Kier alpha value is -2.58. The number of halogens is 3. The number of hydrogen-bond acceptors (Lipinski definition) is 4. The minimum atomic E-state index is -4.43. The maximum Gasteiger partial charge on any atom is 0.416 e. The molecule has 9 heteroatoms. The molecule has 1 aliphatic carbocycles. The molecule has 2 heterocycles. The number of likely N-dealkylation sites (tertiary alicyclic amines) is 1. The van der Waals surface area contributed by atoms with Crippen molar-refractivity contribution in [1.82, 2.24) is 4.90 Å². The van der Waals surface area contributed by atoms with Gasteiger partial charge < -0.3 is 15.5 Å². The summed E-state index contributed by atoms with van der Waals surface area (Å²) < 4.78 is 40.7. The summed E-state index contributed by atoms with van der Waals surface area (Å²) in [5.41, 5.74) is 5.56. The number of alkyl halides is 3. The number of amidine groups is 1. The molecule has 1 saturated heterocycles. The minimum absolute atomic E-state index is 0.0316. The zero-order chi connectivity index (χ0) is 20.6. The molecular weight excluding hydrogens is 383 g/mol. The largest absolute Gasteiger partial charge is 0.416 e. The Bertz CT molecular complexity index is 847. The molecule has 0 spiro atoms. The quantitative estimate of drug-likeness (QED) is 0.578. The lowest BCUT2D eigenvalue weighted by Crippen LogP contribution is -2.47. The summed E-state index contributed by atoms with van der Waals surface area (Å²) in [5, 5.41) is 11.6. The van der Waals surface area contributed by atoms with Crippen LogP contribution in [0.25, 0.3) is 0 Å². The summed E-state index contributed by atoms with van der Waals surface area (Å²) in [6, 6.07) is 4.12. The van der Waals surface area contributed by atoms with Gasteiger partial charge in [-0.15, -0.1) is 0 Å². The van der Waals surface area contributed by atoms with Crippen molar-refractivity contribution in [1.29, 1.82) is 5.41 Å². The van der Waals surface area contributed by atoms with E-state index in [1.165, 1.54) is 6.07 Å². The van der Waals surface area contributed by atoms with Crippen molar-refractivity contribution >= 4 is 18.0 Å². The lowest BCUT2D eigenvalue weighted by molar-refractivity contribution is -0.138. The average Bonchev–Trinajstić information content (AvgIpc) is 3.38. The van der Waals surface area contributed by atoms with Crippen LogP contribution < -0.4 is 5.73 Å². The molecule has 0 bridgehead atoms. The number of nitrogens with zero attached hydrogens (tertiary/aromatic N) is 3. The van der Waals surface area contributed by atoms with E-state index in [1.807, 2.05) is 0 Å². The average molecular weight is 407 g/mol. The maximum atomic E-state index is 13.6. The fourth-order valence-corrected chi connectivity index (χ4v) is 4.00. The van der Waals surface area contributed by atoms with E-state index in [1.54, 1.807) is 17.2 Å². The zero-order valence-corrected chi connectivity index (χ0v) is 16.0. The molecule has 6 nitrogen and oxygen atoms in total. The maximum absolute atomic E-state index is 13.6. The third-order valence-corrected chi connectivity index (χ3v) is 5.78. The van der Waals surface area contributed by atoms with Crippen LogP contribution in [0.15, 0.2) is 28.3 Å². The third-order valence-electron chi connectivity index (χ3n) is 5.78. The molecule has 29 heavy (non-hydrogen) atoms. The summed E-state index contributed by atoms with van der Waals surface area (Å²) in [5.74, 6) is 0.655. The predicted molar refractivity (Wildman–Crippen MR) is 104 cm³/mol. The molecular formula is C20H24F3N5O. The highest BCUT2D eigenvalue weighted by molar-refractivity contribution is 6.04. The van der Waals surface area contributed by atoms with Gasteiger partial charge in [-0.1, -0.05) is 30.1 Å². The summed E-state index contributed by atoms with van der Waals surface area (Å²) in [4.78, 5) is 11.5. The molecule has 0 radical (unpaired) electrons. The van der Waals surface area contributed by atoms with Gasteiger partial charge in [-0.25, -0.2) is 4.99 Å². The number of aliphatic imine (C=N–C) groups is 1. The Morgan fingerprint density at radius 2 is 2.07 bits per heavy atom. The van der Waals surface area contributed by atoms with Gasteiger partial charge in [0.25, 0.3) is 0 Å². The van der Waals surface area contributed by atoms with Gasteiger partial charge in [0, 0.05) is 12.1 Å². The van der Waals surface area contributed by atoms with Crippen LogP contribution in [-0.2, 0) is 17.4 Å². The molecule has 1 unspecified atom stereocenters. The van der Waals surface area contributed by atoms with Crippen LogP contribution in [0.2, 0.25) is 0 Å². The Morgan fingerprint density at radius 3 is 2.69 bits per heavy atom. The van der Waals surface area contributed by atoms with Gasteiger partial charge in [0.2, 0.25) is 0 Å². The number of aryl methyl sites for hydroxylation is 1. The smallest absolute Gasteiger partial charge is 0.383 e. The fraction of sp³-hybridized carbons (Fsp3) is 0.550. The van der Waals surface area contributed by atoms with Crippen molar-refractivity contribution in [2.45, 2.75) is 56.8 Å². The first-order valence-electron chi connectivity index (χ1n) is 9.92. The summed E-state index contributed by atoms with van der Waals surface area (Å²) in [6.07, 6.45) is 1.76. The van der Waals surface area contributed by atoms with Gasteiger partial charge >= 0.3 is 6.18 Å². The standard InChI is InChI=1S/C20H24F3N5O/c21-20(22,23)15-10-14(8-7-13(15)6-5-12-3-4-12)18-26-11-17(29-27-18)16-2-1-9-28(16)19(24)25/h7-8,10-12,16-17H,1-6,9H2,(H3,24,25)/t16-,17?/m0/s1. The van der Waals surface area contributed by atoms with E-state index in [0.29, 0.717) is 24.4 Å². The summed E-state index contributed by atoms with van der Waals surface area (Å²) in [6.45, 7) is 0.668. The van der Waals surface area contributed by atoms with Crippen LogP contribution in [0, 0.1) is 11.3 Å². The molecule has 2 aliphatic heterocycles. The van der Waals surface area contributed by atoms with Crippen molar-refractivity contribution in [3.63, 3.8) is 0 Å². The molecule has 2 atom stereocenters. The van der Waals surface area contributed by atoms with E-state index >= 15 is 0 Å². The second-order valence-electron chi connectivity index (χ2n) is 7.90. The number of nitrogens with two attached hydrogens (primary N) is 1. The van der Waals surface area contributed by atoms with Gasteiger partial charge in [0.05, 0.1) is 17.8 Å². The molecule has 156 valence electrons. The van der Waals surface area contributed by atoms with Crippen LogP contribution in [0.3, 0.4) is 0 Å². The van der Waals surface area contributed by atoms with E-state index in [4.69, 9.17) is 16.0 Å². The molecule has 0 amide bonds. The molecule has 3 aliphatic rings. The van der Waals surface area contributed by atoms with Crippen LogP contribution in [-0.4, -0.2) is 41.6 Å². The van der Waals surface area contributed by atoms with Gasteiger partial charge in [0.15, 0.2) is 17.9 Å². The van der Waals surface area contributed by atoms with Crippen LogP contribution >= 0.6 is 0 Å². The highest BCUT2D eigenvalue weighted by Crippen LogP contribution is 2.37. The Morgan fingerprint density at radius 1 is 1.28 bits per heavy atom. The second-order valence-corrected chi connectivity index (χ2v) is 7.90. The summed E-state index contributed by atoms with van der Waals surface area (Å²) >= 11 is 0. The molecule has 1 aromatic carbocycles. The molecule has 2 fully saturated rings. The van der Waals surface area contributed by atoms with Crippen LogP contribution in [0.1, 0.15) is 48.8 Å². The molecule has 1 saturated carbocycles. The molecule has 4 rings (SSSR count). The van der Waals surface area contributed by atoms with Gasteiger partial charge in [-0.2, -0.15) is 13.2 Å². The monoisotopic (exact) mass is 407 g/mol. The Balaban J connectivity index is 1.50. The third kappa shape index (κ3) is 4.38. The number of hydrogen-bond donors (Lipinski definition) is 2. The number of guanidine groups is 1. The van der Waals surface area contributed by atoms with E-state index in [-0.39, 0.29) is 23.4 Å². The number of rotatable bonds is 5. The number of nitrogens with one attached hydrogen (secondary N) is 1. The first kappa shape index (κ1) is 19.7. The SMILES string of the molecule is N=C(N)N1CCC[C@H]1C1C=NC(c2ccc(CCC3CC3)c(C(F)(F)F)c2)=NO1. The molecule has 1 aromatic rings. The van der Waals surface area contributed by atoms with Gasteiger partial charge in [-0.3, -0.25) is 5.41 Å². The first-order chi connectivity index (χ1) is 13.8. The van der Waals surface area contributed by atoms with Gasteiger partial charge in [-0.05, 0) is 43.2 Å². The normalized spacial score (nSPS) is 24.4. The fourth-order valence-electron chi connectivity index (χ4n) is 4.00. The summed E-state index contributed by atoms with van der Waals surface area (Å²) in [7, 11) is 0. The zero-order valence-electron chi connectivity index (χ0n) is 16.0. The van der Waals surface area contributed by atoms with E-state index < -0.39 is 17.8 Å². The van der Waals surface area contributed by atoms with Crippen LogP contribution in [0.5, 0.6) is 0 Å². The van der Waals surface area contributed by atoms with E-state index in [0.717, 1.165) is 38.2 Å². The van der Waals surface area contributed by atoms with Crippen molar-refractivity contribution < 1.29 is 18.0 Å². The first-order valence-corrected chi connectivity index (χ1v) is 9.92. The topological polar surface area (TPSA) is 87.1 Å². The Kier molecular flexibility index (Phi) is 5.23. The van der Waals surface area contributed by atoms with Gasteiger partial charge in [0.1, 0.15) is 0 Å². The second kappa shape index (κ2) is 7.68. The minimum Gasteiger partial charge on any atom is -0.383 e. The molecule has 0 aromatic heterocycles. The predicted octanol–water partition coefficient (Wildman–Crippen LogP) is 3.54. The molecule has 3 N–H and O–H groups in total. The highest BCUT2D eigenvalue weighted by Gasteiger charge is 2.36.